The third-order valence-electron chi connectivity index (χ3n) is 4.78. The highest BCUT2D eigenvalue weighted by Crippen LogP contribution is 2.34. The Kier molecular flexibility index (Phi) is 6.64. The minimum absolute atomic E-state index is 0.573. The Hall–Kier alpha value is -1.87. The number of hydrogen-bond acceptors (Lipinski definition) is 6. The van der Waals surface area contributed by atoms with E-state index in [-0.39, 0.29) is 0 Å². The van der Waals surface area contributed by atoms with Gasteiger partial charge in [0.2, 0.25) is 0 Å². The van der Waals surface area contributed by atoms with E-state index in [1.54, 1.807) is 11.3 Å². The van der Waals surface area contributed by atoms with Crippen molar-refractivity contribution in [2.75, 3.05) is 57.5 Å². The lowest BCUT2D eigenvalue weighted by Gasteiger charge is -2.29. The normalized spacial score (nSPS) is 16.6. The van der Waals surface area contributed by atoms with Gasteiger partial charge in [0.15, 0.2) is 16.6 Å². The summed E-state index contributed by atoms with van der Waals surface area (Å²) in [5, 5.41) is 6.24. The van der Waals surface area contributed by atoms with E-state index < -0.39 is 0 Å². The van der Waals surface area contributed by atoms with Gasteiger partial charge in [-0.2, -0.15) is 0 Å². The number of nitrogens with zero attached hydrogens (tertiary/aromatic N) is 2. The number of rotatable bonds is 6. The summed E-state index contributed by atoms with van der Waals surface area (Å²) < 4.78 is 16.8. The number of anilines is 1. The molecule has 28 heavy (non-hydrogen) atoms. The molecule has 1 N–H and O–H groups in total. The van der Waals surface area contributed by atoms with Crippen LogP contribution >= 0.6 is 23.6 Å². The second kappa shape index (κ2) is 9.56. The summed E-state index contributed by atoms with van der Waals surface area (Å²) in [6, 6.07) is 10.2. The zero-order valence-electron chi connectivity index (χ0n) is 15.8. The zero-order chi connectivity index (χ0) is 19.2. The molecule has 1 aromatic heterocycles. The summed E-state index contributed by atoms with van der Waals surface area (Å²) in [6.45, 7) is 7.24. The van der Waals surface area contributed by atoms with E-state index in [2.05, 4.69) is 32.6 Å². The Labute approximate surface area is 175 Å². The molecule has 0 saturated carbocycles. The van der Waals surface area contributed by atoms with Gasteiger partial charge in [0.1, 0.15) is 13.2 Å². The quantitative estimate of drug-likeness (QED) is 0.723. The van der Waals surface area contributed by atoms with Gasteiger partial charge in [-0.3, -0.25) is 4.90 Å². The lowest BCUT2D eigenvalue weighted by Crippen LogP contribution is -2.45. The van der Waals surface area contributed by atoms with Crippen molar-refractivity contribution in [1.29, 1.82) is 0 Å². The first-order valence-electron chi connectivity index (χ1n) is 9.57. The lowest BCUT2D eigenvalue weighted by molar-refractivity contribution is 0.0389. The fourth-order valence-corrected chi connectivity index (χ4v) is 4.24. The summed E-state index contributed by atoms with van der Waals surface area (Å²) >= 11 is 7.49. The van der Waals surface area contributed by atoms with Crippen molar-refractivity contribution >= 4 is 34.4 Å². The third-order valence-corrected chi connectivity index (χ3v) is 6.01. The molecule has 0 radical (unpaired) electrons. The van der Waals surface area contributed by atoms with Crippen LogP contribution < -0.4 is 19.7 Å². The van der Waals surface area contributed by atoms with Gasteiger partial charge in [0.25, 0.3) is 0 Å². The van der Waals surface area contributed by atoms with Crippen LogP contribution in [0.15, 0.2) is 35.7 Å². The van der Waals surface area contributed by atoms with Gasteiger partial charge in [-0.15, -0.1) is 11.3 Å². The minimum atomic E-state index is 0.573. The summed E-state index contributed by atoms with van der Waals surface area (Å²) in [5.41, 5.74) is 1.00. The number of thiophene rings is 1. The highest BCUT2D eigenvalue weighted by atomic mass is 32.1. The number of hydrogen-bond donors (Lipinski definition) is 1. The van der Waals surface area contributed by atoms with Crippen LogP contribution in [0.5, 0.6) is 11.5 Å². The van der Waals surface area contributed by atoms with Gasteiger partial charge in [-0.25, -0.2) is 0 Å². The molecule has 150 valence electrons. The number of fused-ring (bicyclic) bond motifs is 1. The van der Waals surface area contributed by atoms with Gasteiger partial charge in [-0.1, -0.05) is 6.07 Å². The van der Waals surface area contributed by atoms with Crippen LogP contribution in [0.3, 0.4) is 0 Å². The maximum absolute atomic E-state index is 5.76. The predicted octanol–water partition coefficient (Wildman–Crippen LogP) is 2.73. The molecule has 2 aromatic rings. The topological polar surface area (TPSA) is 46.2 Å². The van der Waals surface area contributed by atoms with Gasteiger partial charge in [0.05, 0.1) is 19.8 Å². The fourth-order valence-electron chi connectivity index (χ4n) is 3.28. The largest absolute Gasteiger partial charge is 0.486 e. The van der Waals surface area contributed by atoms with Crippen molar-refractivity contribution in [1.82, 2.24) is 10.2 Å². The molecule has 3 heterocycles. The van der Waals surface area contributed by atoms with Crippen LogP contribution in [0.2, 0.25) is 0 Å². The van der Waals surface area contributed by atoms with E-state index >= 15 is 0 Å². The SMILES string of the molecule is S=C(NCCN1CCOCC1)N(Cc1cccs1)c1ccc2c(c1)OCCO2. The number of thiocarbonyl (C=S) groups is 1. The van der Waals surface area contributed by atoms with Crippen molar-refractivity contribution in [2.45, 2.75) is 6.54 Å². The summed E-state index contributed by atoms with van der Waals surface area (Å²) in [7, 11) is 0. The Morgan fingerprint density at radius 3 is 2.71 bits per heavy atom. The number of nitrogens with one attached hydrogen (secondary N) is 1. The molecule has 0 bridgehead atoms. The molecule has 8 heteroatoms. The maximum atomic E-state index is 5.76. The molecule has 2 aliphatic heterocycles. The average Bonchev–Trinajstić information content (AvgIpc) is 3.26. The predicted molar refractivity (Wildman–Crippen MR) is 116 cm³/mol. The van der Waals surface area contributed by atoms with E-state index in [4.69, 9.17) is 26.4 Å². The van der Waals surface area contributed by atoms with Gasteiger partial charge in [0, 0.05) is 42.8 Å². The molecule has 0 amide bonds. The van der Waals surface area contributed by atoms with Crippen LogP contribution in [0, 0.1) is 0 Å². The average molecular weight is 420 g/mol. The Morgan fingerprint density at radius 2 is 1.93 bits per heavy atom. The minimum Gasteiger partial charge on any atom is -0.486 e. The molecule has 1 saturated heterocycles. The number of ether oxygens (including phenoxy) is 3. The molecule has 1 fully saturated rings. The van der Waals surface area contributed by atoms with Crippen LogP contribution in [0.1, 0.15) is 4.88 Å². The van der Waals surface area contributed by atoms with Crippen molar-refractivity contribution in [3.8, 4) is 11.5 Å². The van der Waals surface area contributed by atoms with Crippen LogP contribution in [0.25, 0.3) is 0 Å². The van der Waals surface area contributed by atoms with E-state index in [9.17, 15) is 0 Å². The molecule has 0 atom stereocenters. The highest BCUT2D eigenvalue weighted by Gasteiger charge is 2.18. The third kappa shape index (κ3) is 4.94. The van der Waals surface area contributed by atoms with Gasteiger partial charge >= 0.3 is 0 Å². The smallest absolute Gasteiger partial charge is 0.173 e. The molecule has 0 unspecified atom stereocenters. The van der Waals surface area contributed by atoms with Gasteiger partial charge in [-0.05, 0) is 35.8 Å². The molecular formula is C20H25N3O3S2. The monoisotopic (exact) mass is 419 g/mol. The fraction of sp³-hybridized carbons (Fsp3) is 0.450. The standard InChI is InChI=1S/C20H25N3O3S2/c27-20(21-5-6-22-7-9-24-10-8-22)23(15-17-2-1-13-28-17)16-3-4-18-19(14-16)26-12-11-25-18/h1-4,13-14H,5-12,15H2,(H,21,27). The number of benzene rings is 1. The summed E-state index contributed by atoms with van der Waals surface area (Å²) in [6.07, 6.45) is 0. The summed E-state index contributed by atoms with van der Waals surface area (Å²) in [5.74, 6) is 1.56. The summed E-state index contributed by atoms with van der Waals surface area (Å²) in [4.78, 5) is 5.78. The number of morpholine rings is 1. The molecule has 0 aliphatic carbocycles. The Balaban J connectivity index is 1.44. The maximum Gasteiger partial charge on any atom is 0.173 e. The highest BCUT2D eigenvalue weighted by molar-refractivity contribution is 7.80. The second-order valence-electron chi connectivity index (χ2n) is 6.68. The van der Waals surface area contributed by atoms with Crippen LogP contribution in [-0.2, 0) is 11.3 Å². The van der Waals surface area contributed by atoms with Crippen LogP contribution in [0.4, 0.5) is 5.69 Å². The van der Waals surface area contributed by atoms with Crippen LogP contribution in [-0.4, -0.2) is 62.6 Å². The molecule has 1 aromatic carbocycles. The zero-order valence-corrected chi connectivity index (χ0v) is 17.4. The first-order valence-corrected chi connectivity index (χ1v) is 10.9. The second-order valence-corrected chi connectivity index (χ2v) is 8.10. The van der Waals surface area contributed by atoms with E-state index in [0.717, 1.165) is 68.2 Å². The van der Waals surface area contributed by atoms with Crippen molar-refractivity contribution in [2.24, 2.45) is 0 Å². The lowest BCUT2D eigenvalue weighted by atomic mass is 10.2. The molecule has 4 rings (SSSR count). The van der Waals surface area contributed by atoms with E-state index in [1.165, 1.54) is 4.88 Å². The molecular weight excluding hydrogens is 394 g/mol. The van der Waals surface area contributed by atoms with Gasteiger partial charge < -0.3 is 24.4 Å². The van der Waals surface area contributed by atoms with Crippen molar-refractivity contribution in [3.05, 3.63) is 40.6 Å². The van der Waals surface area contributed by atoms with E-state index in [1.807, 2.05) is 18.2 Å². The van der Waals surface area contributed by atoms with Crippen molar-refractivity contribution < 1.29 is 14.2 Å². The first-order chi connectivity index (χ1) is 13.8. The van der Waals surface area contributed by atoms with E-state index in [0.29, 0.717) is 13.2 Å². The molecule has 2 aliphatic rings. The first kappa shape index (κ1) is 19.4. The van der Waals surface area contributed by atoms with Crippen molar-refractivity contribution in [3.63, 3.8) is 0 Å². The Morgan fingerprint density at radius 1 is 1.11 bits per heavy atom. The molecule has 0 spiro atoms. The molecule has 6 nitrogen and oxygen atoms in total. The Bertz CT molecular complexity index is 779.